The smallest absolute Gasteiger partial charge is 0.325 e. The van der Waals surface area contributed by atoms with E-state index in [2.05, 4.69) is 11.3 Å². The van der Waals surface area contributed by atoms with Crippen LogP contribution in [0.3, 0.4) is 0 Å². The number of hydrogen-bond acceptors (Lipinski definition) is 3. The van der Waals surface area contributed by atoms with Gasteiger partial charge in [-0.25, -0.2) is 0 Å². The Hall–Kier alpha value is -1.51. The molecule has 0 bridgehead atoms. The van der Waals surface area contributed by atoms with Gasteiger partial charge in [-0.15, -0.1) is 0 Å². The van der Waals surface area contributed by atoms with Crippen LogP contribution >= 0.6 is 0 Å². The molecule has 0 aromatic heterocycles. The van der Waals surface area contributed by atoms with Crippen LogP contribution in [0.1, 0.15) is 6.92 Å². The highest BCUT2D eigenvalue weighted by atomic mass is 16.5. The Morgan fingerprint density at radius 2 is 2.38 bits per heavy atom. The van der Waals surface area contributed by atoms with E-state index in [1.807, 2.05) is 25.3 Å². The molecule has 3 heteroatoms. The zero-order chi connectivity index (χ0) is 9.84. The Kier molecular flexibility index (Phi) is 2.90. The van der Waals surface area contributed by atoms with Gasteiger partial charge >= 0.3 is 5.97 Å². The van der Waals surface area contributed by atoms with Gasteiger partial charge in [0.05, 0.1) is 7.11 Å². The zero-order valence-electron chi connectivity index (χ0n) is 7.91. The van der Waals surface area contributed by atoms with Gasteiger partial charge in [0.25, 0.3) is 0 Å². The number of nitrogens with zero attached hydrogens (tertiary/aromatic N) is 1. The number of allylic oxidation sites excluding steroid dienone is 3. The molecule has 3 nitrogen and oxygen atoms in total. The molecule has 0 unspecified atom stereocenters. The molecular formula is C10H13NO2. The van der Waals surface area contributed by atoms with E-state index in [1.54, 1.807) is 4.90 Å². The Bertz CT molecular complexity index is 289. The van der Waals surface area contributed by atoms with E-state index in [-0.39, 0.29) is 12.5 Å². The molecule has 0 fully saturated rings. The molecule has 0 aromatic carbocycles. The van der Waals surface area contributed by atoms with Gasteiger partial charge in [-0.3, -0.25) is 4.79 Å². The second-order valence-electron chi connectivity index (χ2n) is 2.90. The first-order valence-corrected chi connectivity index (χ1v) is 4.02. The predicted molar refractivity (Wildman–Crippen MR) is 50.8 cm³/mol. The van der Waals surface area contributed by atoms with Crippen molar-refractivity contribution >= 4 is 5.97 Å². The summed E-state index contributed by atoms with van der Waals surface area (Å²) in [5.41, 5.74) is 1.94. The molecular weight excluding hydrogens is 166 g/mol. The summed E-state index contributed by atoms with van der Waals surface area (Å²) in [7, 11) is 1.37. The quantitative estimate of drug-likeness (QED) is 0.601. The molecule has 0 atom stereocenters. The van der Waals surface area contributed by atoms with E-state index >= 15 is 0 Å². The molecule has 13 heavy (non-hydrogen) atoms. The van der Waals surface area contributed by atoms with Crippen molar-refractivity contribution in [3.05, 3.63) is 36.2 Å². The number of carbonyl (C=O) groups is 1. The molecule has 0 amide bonds. The van der Waals surface area contributed by atoms with Crippen LogP contribution in [0, 0.1) is 0 Å². The SMILES string of the molecule is C=C1C=C(C)C=CN1CC(=O)OC. The first kappa shape index (κ1) is 9.58. The first-order chi connectivity index (χ1) is 6.13. The summed E-state index contributed by atoms with van der Waals surface area (Å²) in [5, 5.41) is 0. The normalized spacial score (nSPS) is 15.7. The lowest BCUT2D eigenvalue weighted by atomic mass is 10.2. The van der Waals surface area contributed by atoms with Crippen LogP contribution < -0.4 is 0 Å². The van der Waals surface area contributed by atoms with Crippen LogP contribution in [0.4, 0.5) is 0 Å². The summed E-state index contributed by atoms with van der Waals surface area (Å²) in [6, 6.07) is 0. The lowest BCUT2D eigenvalue weighted by molar-refractivity contribution is -0.140. The van der Waals surface area contributed by atoms with Gasteiger partial charge in [-0.1, -0.05) is 6.58 Å². The molecule has 70 valence electrons. The first-order valence-electron chi connectivity index (χ1n) is 4.02. The largest absolute Gasteiger partial charge is 0.468 e. The van der Waals surface area contributed by atoms with Gasteiger partial charge in [0, 0.05) is 11.9 Å². The van der Waals surface area contributed by atoms with Gasteiger partial charge in [0.2, 0.25) is 0 Å². The molecule has 1 aliphatic heterocycles. The monoisotopic (exact) mass is 179 g/mol. The van der Waals surface area contributed by atoms with Crippen molar-refractivity contribution in [2.45, 2.75) is 6.92 Å². The summed E-state index contributed by atoms with van der Waals surface area (Å²) >= 11 is 0. The summed E-state index contributed by atoms with van der Waals surface area (Å²) in [4.78, 5) is 12.7. The van der Waals surface area contributed by atoms with Crippen LogP contribution in [0.25, 0.3) is 0 Å². The number of esters is 1. The van der Waals surface area contributed by atoms with Gasteiger partial charge in [0.1, 0.15) is 6.54 Å². The lowest BCUT2D eigenvalue weighted by Crippen LogP contribution is -2.25. The van der Waals surface area contributed by atoms with Crippen molar-refractivity contribution in [2.24, 2.45) is 0 Å². The predicted octanol–water partition coefficient (Wildman–Crippen LogP) is 1.45. The number of carbonyl (C=O) groups excluding carboxylic acids is 1. The van der Waals surface area contributed by atoms with E-state index in [4.69, 9.17) is 0 Å². The molecule has 0 spiro atoms. The summed E-state index contributed by atoms with van der Waals surface area (Å²) < 4.78 is 4.55. The maximum atomic E-state index is 10.9. The number of methoxy groups -OCH3 is 1. The van der Waals surface area contributed by atoms with Crippen LogP contribution in [-0.4, -0.2) is 24.5 Å². The van der Waals surface area contributed by atoms with E-state index < -0.39 is 0 Å². The van der Waals surface area contributed by atoms with Crippen molar-refractivity contribution in [1.82, 2.24) is 4.90 Å². The highest BCUT2D eigenvalue weighted by Crippen LogP contribution is 2.14. The Balaban J connectivity index is 2.60. The summed E-state index contributed by atoms with van der Waals surface area (Å²) in [5.74, 6) is -0.265. The molecule has 1 heterocycles. The number of hydrogen-bond donors (Lipinski definition) is 0. The fraction of sp³-hybridized carbons (Fsp3) is 0.300. The highest BCUT2D eigenvalue weighted by molar-refractivity contribution is 5.72. The van der Waals surface area contributed by atoms with Crippen molar-refractivity contribution in [3.8, 4) is 0 Å². The third-order valence-corrected chi connectivity index (χ3v) is 1.81. The molecule has 0 N–H and O–H groups in total. The summed E-state index contributed by atoms with van der Waals surface area (Å²) in [6.45, 7) is 6.03. The van der Waals surface area contributed by atoms with E-state index in [0.717, 1.165) is 11.3 Å². The summed E-state index contributed by atoms with van der Waals surface area (Å²) in [6.07, 6.45) is 5.68. The molecule has 0 saturated heterocycles. The number of rotatable bonds is 2. The Labute approximate surface area is 78.0 Å². The van der Waals surface area contributed by atoms with Crippen molar-refractivity contribution in [1.29, 1.82) is 0 Å². The second-order valence-corrected chi connectivity index (χ2v) is 2.90. The molecule has 0 saturated carbocycles. The van der Waals surface area contributed by atoms with Crippen LogP contribution in [0.2, 0.25) is 0 Å². The van der Waals surface area contributed by atoms with Crippen LogP contribution in [-0.2, 0) is 9.53 Å². The Morgan fingerprint density at radius 3 is 2.92 bits per heavy atom. The fourth-order valence-electron chi connectivity index (χ4n) is 1.05. The van der Waals surface area contributed by atoms with Gasteiger partial charge < -0.3 is 9.64 Å². The molecule has 0 radical (unpaired) electrons. The zero-order valence-corrected chi connectivity index (χ0v) is 7.91. The second kappa shape index (κ2) is 3.94. The fourth-order valence-corrected chi connectivity index (χ4v) is 1.05. The van der Waals surface area contributed by atoms with Crippen LogP contribution in [0.15, 0.2) is 36.2 Å². The number of ether oxygens (including phenoxy) is 1. The molecule has 1 aliphatic rings. The highest BCUT2D eigenvalue weighted by Gasteiger charge is 2.11. The minimum Gasteiger partial charge on any atom is -0.468 e. The third-order valence-electron chi connectivity index (χ3n) is 1.81. The maximum absolute atomic E-state index is 10.9. The topological polar surface area (TPSA) is 29.5 Å². The van der Waals surface area contributed by atoms with Crippen molar-refractivity contribution in [2.75, 3.05) is 13.7 Å². The molecule has 0 aromatic rings. The minimum absolute atomic E-state index is 0.218. The van der Waals surface area contributed by atoms with Crippen molar-refractivity contribution in [3.63, 3.8) is 0 Å². The Morgan fingerprint density at radius 1 is 1.69 bits per heavy atom. The van der Waals surface area contributed by atoms with Crippen molar-refractivity contribution < 1.29 is 9.53 Å². The lowest BCUT2D eigenvalue weighted by Gasteiger charge is -2.22. The average Bonchev–Trinajstić information content (AvgIpc) is 2.09. The van der Waals surface area contributed by atoms with Gasteiger partial charge in [-0.2, -0.15) is 0 Å². The van der Waals surface area contributed by atoms with E-state index in [9.17, 15) is 4.79 Å². The minimum atomic E-state index is -0.265. The van der Waals surface area contributed by atoms with Gasteiger partial charge in [0.15, 0.2) is 0 Å². The van der Waals surface area contributed by atoms with E-state index in [0.29, 0.717) is 0 Å². The van der Waals surface area contributed by atoms with Gasteiger partial charge in [-0.05, 0) is 24.6 Å². The molecule has 0 aliphatic carbocycles. The van der Waals surface area contributed by atoms with Crippen LogP contribution in [0.5, 0.6) is 0 Å². The molecule has 1 rings (SSSR count). The maximum Gasteiger partial charge on any atom is 0.325 e. The van der Waals surface area contributed by atoms with E-state index in [1.165, 1.54) is 7.11 Å². The average molecular weight is 179 g/mol. The third kappa shape index (κ3) is 2.47. The standard InChI is InChI=1S/C10H13NO2/c1-8-4-5-11(9(2)6-8)7-10(12)13-3/h4-6H,2,7H2,1,3H3.